The molecular weight excluding hydrogens is 242 g/mol. The van der Waals surface area contributed by atoms with Crippen molar-refractivity contribution in [3.05, 3.63) is 11.6 Å². The van der Waals surface area contributed by atoms with Crippen LogP contribution in [0.4, 0.5) is 0 Å². The summed E-state index contributed by atoms with van der Waals surface area (Å²) in [5, 5.41) is 6.88. The zero-order chi connectivity index (χ0) is 14.0. The molecule has 2 unspecified atom stereocenters. The second kappa shape index (κ2) is 5.69. The van der Waals surface area contributed by atoms with Gasteiger partial charge in [-0.1, -0.05) is 13.8 Å². The van der Waals surface area contributed by atoms with Gasteiger partial charge in [0, 0.05) is 24.5 Å². The molecule has 2 rings (SSSR count). The summed E-state index contributed by atoms with van der Waals surface area (Å²) in [4.78, 5) is 18.7. The van der Waals surface area contributed by atoms with Crippen LogP contribution in [-0.4, -0.2) is 44.6 Å². The highest BCUT2D eigenvalue weighted by Gasteiger charge is 2.33. The molecule has 2 heterocycles. The summed E-state index contributed by atoms with van der Waals surface area (Å²) >= 11 is 0. The first-order valence-corrected chi connectivity index (χ1v) is 6.99. The normalized spacial score (nSPS) is 23.9. The first-order chi connectivity index (χ1) is 9.04. The van der Waals surface area contributed by atoms with Crippen molar-refractivity contribution in [3.8, 4) is 0 Å². The van der Waals surface area contributed by atoms with Gasteiger partial charge in [0.05, 0.1) is 0 Å². The lowest BCUT2D eigenvalue weighted by Gasteiger charge is -2.39. The van der Waals surface area contributed by atoms with Crippen molar-refractivity contribution in [2.24, 2.45) is 5.73 Å². The van der Waals surface area contributed by atoms with Crippen LogP contribution in [0, 0.1) is 0 Å². The standard InChI is InChI=1S/C13H23N5O/c1-8(2)11-15-12(17-16-11)13(19)18-9(3)5-4-6-10(18)7-14/h8-10H,4-7,14H2,1-3H3,(H,15,16,17). The van der Waals surface area contributed by atoms with Crippen molar-refractivity contribution in [1.29, 1.82) is 0 Å². The molecule has 0 saturated carbocycles. The Morgan fingerprint density at radius 2 is 2.26 bits per heavy atom. The van der Waals surface area contributed by atoms with Crippen LogP contribution in [0.15, 0.2) is 0 Å². The van der Waals surface area contributed by atoms with E-state index in [0.717, 1.165) is 25.1 Å². The second-order valence-corrected chi connectivity index (χ2v) is 5.58. The van der Waals surface area contributed by atoms with Crippen molar-refractivity contribution in [2.75, 3.05) is 6.54 Å². The Kier molecular flexibility index (Phi) is 4.19. The van der Waals surface area contributed by atoms with Gasteiger partial charge >= 0.3 is 0 Å². The average molecular weight is 265 g/mol. The maximum Gasteiger partial charge on any atom is 0.294 e. The minimum absolute atomic E-state index is 0.106. The number of nitrogens with two attached hydrogens (primary N) is 1. The number of likely N-dealkylation sites (tertiary alicyclic amines) is 1. The van der Waals surface area contributed by atoms with E-state index in [-0.39, 0.29) is 29.7 Å². The van der Waals surface area contributed by atoms with Crippen LogP contribution >= 0.6 is 0 Å². The maximum atomic E-state index is 12.5. The SMILES string of the molecule is CC(C)c1nc(C(=O)N2C(C)CCCC2CN)n[nH]1. The zero-order valence-corrected chi connectivity index (χ0v) is 11.9. The number of aromatic amines is 1. The summed E-state index contributed by atoms with van der Waals surface area (Å²) in [6.45, 7) is 6.59. The number of hydrogen-bond acceptors (Lipinski definition) is 4. The number of piperidine rings is 1. The van der Waals surface area contributed by atoms with E-state index in [1.54, 1.807) is 0 Å². The summed E-state index contributed by atoms with van der Waals surface area (Å²) < 4.78 is 0. The molecule has 0 aliphatic carbocycles. The molecule has 1 aromatic heterocycles. The minimum Gasteiger partial charge on any atom is -0.329 e. The topological polar surface area (TPSA) is 87.9 Å². The van der Waals surface area contributed by atoms with E-state index in [1.807, 2.05) is 18.7 Å². The van der Waals surface area contributed by atoms with E-state index in [4.69, 9.17) is 5.73 Å². The number of aromatic nitrogens is 3. The number of carbonyl (C=O) groups excluding carboxylic acids is 1. The maximum absolute atomic E-state index is 12.5. The van der Waals surface area contributed by atoms with Crippen molar-refractivity contribution >= 4 is 5.91 Å². The highest BCUT2D eigenvalue weighted by Crippen LogP contribution is 2.23. The van der Waals surface area contributed by atoms with Crippen LogP contribution < -0.4 is 5.73 Å². The van der Waals surface area contributed by atoms with Gasteiger partial charge < -0.3 is 10.6 Å². The van der Waals surface area contributed by atoms with Crippen LogP contribution in [0.5, 0.6) is 0 Å². The Hall–Kier alpha value is -1.43. The molecule has 19 heavy (non-hydrogen) atoms. The number of nitrogens with zero attached hydrogens (tertiary/aromatic N) is 3. The molecule has 0 radical (unpaired) electrons. The van der Waals surface area contributed by atoms with E-state index < -0.39 is 0 Å². The molecule has 6 nitrogen and oxygen atoms in total. The van der Waals surface area contributed by atoms with Crippen molar-refractivity contribution in [1.82, 2.24) is 20.1 Å². The lowest BCUT2D eigenvalue weighted by atomic mass is 9.96. The number of carbonyl (C=O) groups is 1. The molecule has 2 atom stereocenters. The first kappa shape index (κ1) is 14.0. The van der Waals surface area contributed by atoms with Crippen LogP contribution in [0.2, 0.25) is 0 Å². The summed E-state index contributed by atoms with van der Waals surface area (Å²) in [7, 11) is 0. The molecule has 1 aliphatic rings. The molecule has 1 aliphatic heterocycles. The number of nitrogens with one attached hydrogen (secondary N) is 1. The van der Waals surface area contributed by atoms with E-state index in [1.165, 1.54) is 0 Å². The number of hydrogen-bond donors (Lipinski definition) is 2. The lowest BCUT2D eigenvalue weighted by Crippen LogP contribution is -2.52. The van der Waals surface area contributed by atoms with Crippen molar-refractivity contribution in [3.63, 3.8) is 0 Å². The molecule has 106 valence electrons. The van der Waals surface area contributed by atoms with Crippen LogP contribution in [0.25, 0.3) is 0 Å². The molecule has 0 bridgehead atoms. The predicted molar refractivity (Wildman–Crippen MR) is 72.8 cm³/mol. The third-order valence-electron chi connectivity index (χ3n) is 3.77. The molecule has 0 aromatic carbocycles. The second-order valence-electron chi connectivity index (χ2n) is 5.58. The van der Waals surface area contributed by atoms with Gasteiger partial charge in [-0.05, 0) is 26.2 Å². The highest BCUT2D eigenvalue weighted by atomic mass is 16.2. The van der Waals surface area contributed by atoms with Crippen molar-refractivity contribution < 1.29 is 4.79 Å². The van der Waals surface area contributed by atoms with Gasteiger partial charge in [-0.25, -0.2) is 4.98 Å². The summed E-state index contributed by atoms with van der Waals surface area (Å²) in [5.41, 5.74) is 5.78. The van der Waals surface area contributed by atoms with Gasteiger partial charge in [-0.15, -0.1) is 5.10 Å². The third kappa shape index (κ3) is 2.78. The fourth-order valence-corrected chi connectivity index (χ4v) is 2.63. The number of rotatable bonds is 3. The van der Waals surface area contributed by atoms with Crippen LogP contribution in [0.3, 0.4) is 0 Å². The summed E-state index contributed by atoms with van der Waals surface area (Å²) in [6.07, 6.45) is 3.11. The van der Waals surface area contributed by atoms with Crippen LogP contribution in [-0.2, 0) is 0 Å². The molecule has 0 spiro atoms. The molecule has 3 N–H and O–H groups in total. The largest absolute Gasteiger partial charge is 0.329 e. The number of amides is 1. The summed E-state index contributed by atoms with van der Waals surface area (Å²) in [6, 6.07) is 0.313. The predicted octanol–water partition coefficient (Wildman–Crippen LogP) is 1.27. The minimum atomic E-state index is -0.106. The van der Waals surface area contributed by atoms with Gasteiger partial charge in [0.25, 0.3) is 5.91 Å². The Labute approximate surface area is 113 Å². The van der Waals surface area contributed by atoms with Crippen molar-refractivity contribution in [2.45, 2.75) is 58.0 Å². The van der Waals surface area contributed by atoms with Gasteiger partial charge in [-0.2, -0.15) is 0 Å². The zero-order valence-electron chi connectivity index (χ0n) is 11.9. The smallest absolute Gasteiger partial charge is 0.294 e. The van der Waals surface area contributed by atoms with E-state index in [0.29, 0.717) is 6.54 Å². The molecule has 1 aromatic rings. The number of H-pyrrole nitrogens is 1. The van der Waals surface area contributed by atoms with E-state index >= 15 is 0 Å². The molecule has 1 saturated heterocycles. The highest BCUT2D eigenvalue weighted by molar-refractivity contribution is 5.91. The molecular formula is C13H23N5O. The van der Waals surface area contributed by atoms with Crippen LogP contribution in [0.1, 0.15) is 62.4 Å². The molecule has 6 heteroatoms. The fourth-order valence-electron chi connectivity index (χ4n) is 2.63. The molecule has 1 amide bonds. The first-order valence-electron chi connectivity index (χ1n) is 6.99. The Morgan fingerprint density at radius 3 is 2.84 bits per heavy atom. The average Bonchev–Trinajstić information content (AvgIpc) is 2.87. The Bertz CT molecular complexity index is 442. The Morgan fingerprint density at radius 1 is 1.53 bits per heavy atom. The monoisotopic (exact) mass is 265 g/mol. The van der Waals surface area contributed by atoms with E-state index in [9.17, 15) is 4.79 Å². The Balaban J connectivity index is 2.20. The van der Waals surface area contributed by atoms with Gasteiger partial charge in [0.1, 0.15) is 5.82 Å². The molecule has 1 fully saturated rings. The van der Waals surface area contributed by atoms with Gasteiger partial charge in [0.15, 0.2) is 0 Å². The lowest BCUT2D eigenvalue weighted by molar-refractivity contribution is 0.0482. The summed E-state index contributed by atoms with van der Waals surface area (Å²) in [5.74, 6) is 1.14. The fraction of sp³-hybridized carbons (Fsp3) is 0.769. The van der Waals surface area contributed by atoms with Gasteiger partial charge in [-0.3, -0.25) is 9.89 Å². The third-order valence-corrected chi connectivity index (χ3v) is 3.77. The van der Waals surface area contributed by atoms with Gasteiger partial charge in [0.2, 0.25) is 5.82 Å². The quantitative estimate of drug-likeness (QED) is 0.861. The van der Waals surface area contributed by atoms with E-state index in [2.05, 4.69) is 22.1 Å².